The van der Waals surface area contributed by atoms with Crippen molar-refractivity contribution in [1.82, 2.24) is 5.32 Å². The first kappa shape index (κ1) is 11.1. The summed E-state index contributed by atoms with van der Waals surface area (Å²) in [5.41, 5.74) is 1.07. The van der Waals surface area contributed by atoms with Crippen molar-refractivity contribution in [1.29, 1.82) is 0 Å². The van der Waals surface area contributed by atoms with E-state index in [1.54, 1.807) is 12.1 Å². The molecule has 0 amide bonds. The first-order valence-corrected chi connectivity index (χ1v) is 4.81. The molecule has 1 nitrogen and oxygen atoms in total. The Balaban J connectivity index is 2.55. The second-order valence-corrected chi connectivity index (χ2v) is 3.15. The monoisotopic (exact) mass is 199 g/mol. The summed E-state index contributed by atoms with van der Waals surface area (Å²) in [6, 6.07) is 6.59. The van der Waals surface area contributed by atoms with E-state index in [1.807, 2.05) is 13.0 Å². The Hall–Kier alpha value is -0.960. The van der Waals surface area contributed by atoms with Crippen LogP contribution in [0.1, 0.15) is 24.5 Å². The van der Waals surface area contributed by atoms with Gasteiger partial charge in [0, 0.05) is 5.56 Å². The average Bonchev–Trinajstić information content (AvgIpc) is 2.19. The Morgan fingerprint density at radius 3 is 2.79 bits per heavy atom. The molecule has 0 aliphatic carbocycles. The zero-order chi connectivity index (χ0) is 10.4. The molecule has 0 radical (unpaired) electrons. The molecule has 0 unspecified atom stereocenters. The quantitative estimate of drug-likeness (QED) is 0.719. The SMILES string of the molecule is CCNCCc1cccc(C(F)F)c1. The molecule has 0 aliphatic rings. The number of hydrogen-bond acceptors (Lipinski definition) is 1. The van der Waals surface area contributed by atoms with Gasteiger partial charge < -0.3 is 5.32 Å². The largest absolute Gasteiger partial charge is 0.317 e. The summed E-state index contributed by atoms with van der Waals surface area (Å²) < 4.78 is 24.6. The molecule has 1 aromatic carbocycles. The minimum atomic E-state index is -2.37. The third-order valence-electron chi connectivity index (χ3n) is 2.04. The lowest BCUT2D eigenvalue weighted by molar-refractivity contribution is 0.151. The summed E-state index contributed by atoms with van der Waals surface area (Å²) >= 11 is 0. The highest BCUT2D eigenvalue weighted by Crippen LogP contribution is 2.19. The number of nitrogens with one attached hydrogen (secondary N) is 1. The third kappa shape index (κ3) is 3.42. The molecule has 0 saturated heterocycles. The Morgan fingerprint density at radius 2 is 2.14 bits per heavy atom. The molecule has 0 atom stereocenters. The van der Waals surface area contributed by atoms with E-state index in [-0.39, 0.29) is 5.56 Å². The fourth-order valence-corrected chi connectivity index (χ4v) is 1.29. The predicted octanol–water partition coefficient (Wildman–Crippen LogP) is 2.78. The maximum absolute atomic E-state index is 12.3. The summed E-state index contributed by atoms with van der Waals surface area (Å²) in [6.07, 6.45) is -1.57. The minimum Gasteiger partial charge on any atom is -0.317 e. The lowest BCUT2D eigenvalue weighted by Crippen LogP contribution is -2.16. The summed E-state index contributed by atoms with van der Waals surface area (Å²) in [5.74, 6) is 0. The Kier molecular flexibility index (Phi) is 4.53. The van der Waals surface area contributed by atoms with Crippen molar-refractivity contribution in [3.05, 3.63) is 35.4 Å². The minimum absolute atomic E-state index is 0.110. The van der Waals surface area contributed by atoms with Gasteiger partial charge in [0.05, 0.1) is 0 Å². The Bertz CT molecular complexity index is 274. The normalized spacial score (nSPS) is 10.9. The zero-order valence-corrected chi connectivity index (χ0v) is 8.26. The van der Waals surface area contributed by atoms with Gasteiger partial charge in [-0.2, -0.15) is 0 Å². The van der Waals surface area contributed by atoms with Crippen LogP contribution in [0.2, 0.25) is 0 Å². The molecule has 78 valence electrons. The van der Waals surface area contributed by atoms with Gasteiger partial charge in [-0.25, -0.2) is 8.78 Å². The van der Waals surface area contributed by atoms with Crippen molar-refractivity contribution < 1.29 is 8.78 Å². The fraction of sp³-hybridized carbons (Fsp3) is 0.455. The number of alkyl halides is 2. The van der Waals surface area contributed by atoms with Gasteiger partial charge in [0.15, 0.2) is 0 Å². The van der Waals surface area contributed by atoms with Gasteiger partial charge in [-0.15, -0.1) is 0 Å². The molecule has 0 fully saturated rings. The van der Waals surface area contributed by atoms with Crippen molar-refractivity contribution in [2.75, 3.05) is 13.1 Å². The zero-order valence-electron chi connectivity index (χ0n) is 8.26. The summed E-state index contributed by atoms with van der Waals surface area (Å²) in [4.78, 5) is 0. The smallest absolute Gasteiger partial charge is 0.263 e. The average molecular weight is 199 g/mol. The van der Waals surface area contributed by atoms with Crippen LogP contribution in [0.25, 0.3) is 0 Å². The second kappa shape index (κ2) is 5.70. The van der Waals surface area contributed by atoms with Gasteiger partial charge in [0.2, 0.25) is 0 Å². The molecule has 0 saturated carbocycles. The number of hydrogen-bond donors (Lipinski definition) is 1. The van der Waals surface area contributed by atoms with Crippen LogP contribution in [0.15, 0.2) is 24.3 Å². The first-order chi connectivity index (χ1) is 6.74. The van der Waals surface area contributed by atoms with E-state index in [2.05, 4.69) is 5.32 Å². The molecule has 0 aromatic heterocycles. The standard InChI is InChI=1S/C11H15F2N/c1-2-14-7-6-9-4-3-5-10(8-9)11(12)13/h3-5,8,11,14H,2,6-7H2,1H3. The summed E-state index contributed by atoms with van der Waals surface area (Å²) in [6.45, 7) is 3.77. The van der Waals surface area contributed by atoms with E-state index >= 15 is 0 Å². The van der Waals surface area contributed by atoms with E-state index in [0.29, 0.717) is 0 Å². The van der Waals surface area contributed by atoms with Crippen LogP contribution in [0, 0.1) is 0 Å². The van der Waals surface area contributed by atoms with Gasteiger partial charge in [-0.05, 0) is 25.1 Å². The molecule has 0 heterocycles. The van der Waals surface area contributed by atoms with E-state index in [0.717, 1.165) is 25.1 Å². The van der Waals surface area contributed by atoms with Crippen LogP contribution in [-0.4, -0.2) is 13.1 Å². The Labute approximate surface area is 83.1 Å². The van der Waals surface area contributed by atoms with Crippen molar-refractivity contribution in [2.45, 2.75) is 19.8 Å². The highest BCUT2D eigenvalue weighted by Gasteiger charge is 2.06. The van der Waals surface area contributed by atoms with Gasteiger partial charge in [-0.1, -0.05) is 31.2 Å². The van der Waals surface area contributed by atoms with Crippen LogP contribution >= 0.6 is 0 Å². The highest BCUT2D eigenvalue weighted by atomic mass is 19.3. The number of likely N-dealkylation sites (N-methyl/N-ethyl adjacent to an activating group) is 1. The molecular formula is C11H15F2N. The van der Waals surface area contributed by atoms with Gasteiger partial charge in [0.25, 0.3) is 6.43 Å². The topological polar surface area (TPSA) is 12.0 Å². The molecule has 3 heteroatoms. The van der Waals surface area contributed by atoms with Crippen LogP contribution < -0.4 is 5.32 Å². The highest BCUT2D eigenvalue weighted by molar-refractivity contribution is 5.24. The number of halogens is 2. The van der Waals surface area contributed by atoms with Crippen molar-refractivity contribution in [3.8, 4) is 0 Å². The van der Waals surface area contributed by atoms with Crippen LogP contribution in [-0.2, 0) is 6.42 Å². The molecule has 1 rings (SSSR count). The lowest BCUT2D eigenvalue weighted by atomic mass is 10.1. The van der Waals surface area contributed by atoms with Gasteiger partial charge >= 0.3 is 0 Å². The fourth-order valence-electron chi connectivity index (χ4n) is 1.29. The maximum atomic E-state index is 12.3. The first-order valence-electron chi connectivity index (χ1n) is 4.81. The Morgan fingerprint density at radius 1 is 1.36 bits per heavy atom. The van der Waals surface area contributed by atoms with E-state index < -0.39 is 6.43 Å². The van der Waals surface area contributed by atoms with Gasteiger partial charge in [0.1, 0.15) is 0 Å². The van der Waals surface area contributed by atoms with Crippen molar-refractivity contribution in [2.24, 2.45) is 0 Å². The summed E-state index contributed by atoms with van der Waals surface area (Å²) in [7, 11) is 0. The number of rotatable bonds is 5. The van der Waals surface area contributed by atoms with Crippen molar-refractivity contribution >= 4 is 0 Å². The maximum Gasteiger partial charge on any atom is 0.263 e. The molecule has 14 heavy (non-hydrogen) atoms. The molecular weight excluding hydrogens is 184 g/mol. The third-order valence-corrected chi connectivity index (χ3v) is 2.04. The van der Waals surface area contributed by atoms with E-state index in [1.165, 1.54) is 6.07 Å². The van der Waals surface area contributed by atoms with E-state index in [4.69, 9.17) is 0 Å². The number of benzene rings is 1. The van der Waals surface area contributed by atoms with E-state index in [9.17, 15) is 8.78 Å². The molecule has 0 aliphatic heterocycles. The van der Waals surface area contributed by atoms with Crippen molar-refractivity contribution in [3.63, 3.8) is 0 Å². The molecule has 1 N–H and O–H groups in total. The molecule has 1 aromatic rings. The van der Waals surface area contributed by atoms with Crippen LogP contribution in [0.3, 0.4) is 0 Å². The summed E-state index contributed by atoms with van der Waals surface area (Å²) in [5, 5.41) is 3.16. The van der Waals surface area contributed by atoms with Gasteiger partial charge in [-0.3, -0.25) is 0 Å². The second-order valence-electron chi connectivity index (χ2n) is 3.15. The lowest BCUT2D eigenvalue weighted by Gasteiger charge is -2.04. The van der Waals surface area contributed by atoms with Crippen LogP contribution in [0.5, 0.6) is 0 Å². The molecule has 0 bridgehead atoms. The predicted molar refractivity (Wildman–Crippen MR) is 53.6 cm³/mol. The molecule has 0 spiro atoms. The van der Waals surface area contributed by atoms with Crippen LogP contribution in [0.4, 0.5) is 8.78 Å².